The van der Waals surface area contributed by atoms with E-state index in [4.69, 9.17) is 0 Å². The number of para-hydroxylation sites is 1. The summed E-state index contributed by atoms with van der Waals surface area (Å²) in [5.41, 5.74) is 4.44. The summed E-state index contributed by atoms with van der Waals surface area (Å²) in [6, 6.07) is 18.7. The van der Waals surface area contributed by atoms with Crippen LogP contribution < -0.4 is 4.90 Å². The minimum absolute atomic E-state index is 0.997. The molecular formula is C19H19N. The Balaban J connectivity index is 2.58. The van der Waals surface area contributed by atoms with Gasteiger partial charge in [-0.1, -0.05) is 49.6 Å². The molecule has 0 bridgehead atoms. The Kier molecular flexibility index (Phi) is 4.56. The van der Waals surface area contributed by atoms with Gasteiger partial charge in [0.2, 0.25) is 0 Å². The highest BCUT2D eigenvalue weighted by Gasteiger charge is 2.11. The molecule has 0 fully saturated rings. The van der Waals surface area contributed by atoms with Crippen LogP contribution in [-0.4, -0.2) is 0 Å². The quantitative estimate of drug-likeness (QED) is 0.652. The van der Waals surface area contributed by atoms with Gasteiger partial charge in [0, 0.05) is 17.1 Å². The zero-order valence-corrected chi connectivity index (χ0v) is 11.8. The fourth-order valence-electron chi connectivity index (χ4n) is 2.15. The molecule has 2 aromatic rings. The lowest BCUT2D eigenvalue weighted by Crippen LogP contribution is -2.14. The summed E-state index contributed by atoms with van der Waals surface area (Å²) in [6.45, 7) is 9.80. The first kappa shape index (κ1) is 13.9. The van der Waals surface area contributed by atoms with E-state index in [0.717, 1.165) is 17.1 Å². The van der Waals surface area contributed by atoms with Gasteiger partial charge < -0.3 is 4.90 Å². The van der Waals surface area contributed by atoms with Crippen molar-refractivity contribution in [2.75, 3.05) is 4.90 Å². The summed E-state index contributed by atoms with van der Waals surface area (Å²) in [6.07, 6.45) is 5.59. The smallest absolute Gasteiger partial charge is 0.0464 e. The molecule has 0 aliphatic rings. The van der Waals surface area contributed by atoms with E-state index in [1.807, 2.05) is 30.4 Å². The maximum atomic E-state index is 3.92. The Morgan fingerprint density at radius 1 is 0.950 bits per heavy atom. The Bertz CT molecular complexity index is 623. The van der Waals surface area contributed by atoms with Crippen LogP contribution in [0.5, 0.6) is 0 Å². The second-order valence-electron chi connectivity index (χ2n) is 4.54. The van der Waals surface area contributed by atoms with Gasteiger partial charge in [-0.15, -0.1) is 0 Å². The predicted octanol–water partition coefficient (Wildman–Crippen LogP) is 5.39. The molecule has 0 aliphatic carbocycles. The second-order valence-corrected chi connectivity index (χ2v) is 4.54. The topological polar surface area (TPSA) is 3.24 Å². The van der Waals surface area contributed by atoms with Crippen molar-refractivity contribution >= 4 is 11.4 Å². The maximum absolute atomic E-state index is 3.92. The van der Waals surface area contributed by atoms with Crippen LogP contribution in [0.1, 0.15) is 5.56 Å². The highest BCUT2D eigenvalue weighted by Crippen LogP contribution is 2.30. The molecule has 20 heavy (non-hydrogen) atoms. The fourth-order valence-corrected chi connectivity index (χ4v) is 2.15. The average Bonchev–Trinajstić information content (AvgIpc) is 2.48. The van der Waals surface area contributed by atoms with Gasteiger partial charge in [-0.25, -0.2) is 0 Å². The Labute approximate surface area is 121 Å². The molecule has 0 aliphatic heterocycles. The SMILES string of the molecule is C=C/C=C(\C=C)N(c1ccccc1)c1cccc(C)c1. The number of allylic oxidation sites excluding steroid dienone is 3. The molecule has 0 saturated carbocycles. The molecular weight excluding hydrogens is 242 g/mol. The molecule has 1 heteroatoms. The monoisotopic (exact) mass is 261 g/mol. The minimum Gasteiger partial charge on any atom is -0.311 e. The van der Waals surface area contributed by atoms with Crippen molar-refractivity contribution in [2.24, 2.45) is 0 Å². The normalized spacial score (nSPS) is 10.9. The van der Waals surface area contributed by atoms with Gasteiger partial charge in [0.15, 0.2) is 0 Å². The van der Waals surface area contributed by atoms with Crippen molar-refractivity contribution in [3.63, 3.8) is 0 Å². The first-order valence-corrected chi connectivity index (χ1v) is 6.63. The Morgan fingerprint density at radius 2 is 1.65 bits per heavy atom. The van der Waals surface area contributed by atoms with Crippen LogP contribution in [0.2, 0.25) is 0 Å². The molecule has 0 saturated heterocycles. The third kappa shape index (κ3) is 3.07. The summed E-state index contributed by atoms with van der Waals surface area (Å²) >= 11 is 0. The average molecular weight is 261 g/mol. The lowest BCUT2D eigenvalue weighted by Gasteiger charge is -2.26. The highest BCUT2D eigenvalue weighted by atomic mass is 15.1. The van der Waals surface area contributed by atoms with Crippen molar-refractivity contribution in [3.05, 3.63) is 97.2 Å². The largest absolute Gasteiger partial charge is 0.311 e. The van der Waals surface area contributed by atoms with E-state index in [2.05, 4.69) is 61.4 Å². The molecule has 0 aromatic heterocycles. The van der Waals surface area contributed by atoms with Crippen LogP contribution in [0.4, 0.5) is 11.4 Å². The van der Waals surface area contributed by atoms with Gasteiger partial charge in [0.1, 0.15) is 0 Å². The summed E-state index contributed by atoms with van der Waals surface area (Å²) in [5, 5.41) is 0. The zero-order chi connectivity index (χ0) is 14.4. The number of aryl methyl sites for hydroxylation is 1. The molecule has 0 spiro atoms. The van der Waals surface area contributed by atoms with E-state index in [1.54, 1.807) is 6.08 Å². The maximum Gasteiger partial charge on any atom is 0.0464 e. The summed E-state index contributed by atoms with van der Waals surface area (Å²) in [7, 11) is 0. The van der Waals surface area contributed by atoms with E-state index in [1.165, 1.54) is 5.56 Å². The third-order valence-corrected chi connectivity index (χ3v) is 3.03. The number of anilines is 2. The van der Waals surface area contributed by atoms with E-state index in [0.29, 0.717) is 0 Å². The molecule has 2 aromatic carbocycles. The first-order valence-electron chi connectivity index (χ1n) is 6.63. The van der Waals surface area contributed by atoms with Crippen molar-refractivity contribution in [3.8, 4) is 0 Å². The van der Waals surface area contributed by atoms with Gasteiger partial charge in [-0.3, -0.25) is 0 Å². The van der Waals surface area contributed by atoms with Crippen molar-refractivity contribution in [1.82, 2.24) is 0 Å². The van der Waals surface area contributed by atoms with Gasteiger partial charge >= 0.3 is 0 Å². The lowest BCUT2D eigenvalue weighted by molar-refractivity contribution is 1.20. The van der Waals surface area contributed by atoms with E-state index in [-0.39, 0.29) is 0 Å². The molecule has 0 atom stereocenters. The van der Waals surface area contributed by atoms with Gasteiger partial charge in [0.25, 0.3) is 0 Å². The Hall–Kier alpha value is -2.54. The van der Waals surface area contributed by atoms with Crippen LogP contribution in [-0.2, 0) is 0 Å². The molecule has 2 rings (SSSR count). The van der Waals surface area contributed by atoms with Crippen LogP contribution in [0.25, 0.3) is 0 Å². The number of rotatable bonds is 5. The van der Waals surface area contributed by atoms with Gasteiger partial charge in [0.05, 0.1) is 0 Å². The van der Waals surface area contributed by atoms with E-state index >= 15 is 0 Å². The molecule has 1 nitrogen and oxygen atoms in total. The fraction of sp³-hybridized carbons (Fsp3) is 0.0526. The highest BCUT2D eigenvalue weighted by molar-refractivity contribution is 5.70. The minimum atomic E-state index is 0.997. The van der Waals surface area contributed by atoms with Gasteiger partial charge in [-0.05, 0) is 48.9 Å². The molecule has 0 heterocycles. The lowest BCUT2D eigenvalue weighted by atomic mass is 10.1. The Morgan fingerprint density at radius 3 is 2.25 bits per heavy atom. The standard InChI is InChI=1S/C19H19N/c1-4-10-17(5-2)20(18-12-7-6-8-13-18)19-14-9-11-16(3)15-19/h4-15H,1-2H2,3H3/b17-10+. The molecule has 0 radical (unpaired) electrons. The van der Waals surface area contributed by atoms with Crippen molar-refractivity contribution in [2.45, 2.75) is 6.92 Å². The number of nitrogens with zero attached hydrogens (tertiary/aromatic N) is 1. The summed E-state index contributed by atoms with van der Waals surface area (Å²) in [5.74, 6) is 0. The number of hydrogen-bond donors (Lipinski definition) is 0. The van der Waals surface area contributed by atoms with Crippen LogP contribution in [0.3, 0.4) is 0 Å². The van der Waals surface area contributed by atoms with E-state index < -0.39 is 0 Å². The number of benzene rings is 2. The van der Waals surface area contributed by atoms with Crippen LogP contribution in [0.15, 0.2) is 91.7 Å². The molecule has 0 amide bonds. The van der Waals surface area contributed by atoms with Crippen molar-refractivity contribution < 1.29 is 0 Å². The van der Waals surface area contributed by atoms with E-state index in [9.17, 15) is 0 Å². The molecule has 0 unspecified atom stereocenters. The number of hydrogen-bond acceptors (Lipinski definition) is 1. The molecule has 100 valence electrons. The van der Waals surface area contributed by atoms with Gasteiger partial charge in [-0.2, -0.15) is 0 Å². The first-order chi connectivity index (χ1) is 9.76. The zero-order valence-electron chi connectivity index (χ0n) is 11.8. The summed E-state index contributed by atoms with van der Waals surface area (Å²) < 4.78 is 0. The van der Waals surface area contributed by atoms with Crippen molar-refractivity contribution in [1.29, 1.82) is 0 Å². The second kappa shape index (κ2) is 6.58. The predicted molar refractivity (Wildman–Crippen MR) is 88.2 cm³/mol. The molecule has 0 N–H and O–H groups in total. The van der Waals surface area contributed by atoms with Crippen LogP contribution >= 0.6 is 0 Å². The third-order valence-electron chi connectivity index (χ3n) is 3.03. The van der Waals surface area contributed by atoms with Crippen LogP contribution in [0, 0.1) is 6.92 Å². The summed E-state index contributed by atoms with van der Waals surface area (Å²) in [4.78, 5) is 2.17.